The van der Waals surface area contributed by atoms with Crippen LogP contribution in [0.25, 0.3) is 0 Å². The first-order valence-corrected chi connectivity index (χ1v) is 32.0. The molecule has 0 N–H and O–H groups in total. The molecule has 0 saturated carbocycles. The number of allylic oxidation sites excluding steroid dienone is 6. The molecule has 0 aromatic heterocycles. The molecule has 0 amide bonds. The van der Waals surface area contributed by atoms with Gasteiger partial charge >= 0.3 is 17.9 Å². The summed E-state index contributed by atoms with van der Waals surface area (Å²) in [7, 11) is 0. The van der Waals surface area contributed by atoms with Crippen LogP contribution in [0.3, 0.4) is 0 Å². The lowest BCUT2D eigenvalue weighted by Crippen LogP contribution is -2.30. The Morgan fingerprint density at radius 1 is 0.278 bits per heavy atom. The highest BCUT2D eigenvalue weighted by atomic mass is 16.6. The molecule has 0 fully saturated rings. The van der Waals surface area contributed by atoms with E-state index in [2.05, 4.69) is 57.2 Å². The SMILES string of the molecule is CCCCCCC/C=C\C/C=C\C/C=C\CCCCCCCCC(=O)OC(COC(=O)CCCCCCCCC)COC(=O)CCCCCCCCCCCCCCCCCCCCCCCCCCCC. The van der Waals surface area contributed by atoms with Crippen LogP contribution in [0.4, 0.5) is 0 Å². The summed E-state index contributed by atoms with van der Waals surface area (Å²) in [5.74, 6) is -0.873. The third-order valence-electron chi connectivity index (χ3n) is 14.4. The summed E-state index contributed by atoms with van der Waals surface area (Å²) in [5, 5.41) is 0. The minimum Gasteiger partial charge on any atom is -0.462 e. The summed E-state index contributed by atoms with van der Waals surface area (Å²) in [5.41, 5.74) is 0. The Morgan fingerprint density at radius 3 is 0.778 bits per heavy atom. The van der Waals surface area contributed by atoms with E-state index in [1.54, 1.807) is 0 Å². The fourth-order valence-electron chi connectivity index (χ4n) is 9.57. The Morgan fingerprint density at radius 2 is 0.500 bits per heavy atom. The molecule has 0 heterocycles. The fraction of sp³-hybridized carbons (Fsp3) is 0.864. The standard InChI is InChI=1S/C66H122O6/c1-4-7-10-13-16-18-20-22-24-26-28-30-31-32-33-34-36-37-39-41-43-45-47-50-53-56-59-65(68)71-62-63(61-70-64(67)58-55-52-49-15-12-9-6-3)72-66(69)60-57-54-51-48-46-44-42-40-38-35-29-27-25-23-21-19-17-14-11-8-5-2/h21,23,27,29,38,40,63H,4-20,22,24-26,28,30-37,39,41-62H2,1-3H3/b23-21-,29-27-,40-38-. The van der Waals surface area contributed by atoms with Gasteiger partial charge in [-0.3, -0.25) is 14.4 Å². The minimum atomic E-state index is -0.774. The van der Waals surface area contributed by atoms with Crippen LogP contribution in [0.2, 0.25) is 0 Å². The number of carbonyl (C=O) groups excluding carboxylic acids is 3. The van der Waals surface area contributed by atoms with E-state index in [0.717, 1.165) is 77.0 Å². The first-order valence-electron chi connectivity index (χ1n) is 32.0. The summed E-state index contributed by atoms with van der Waals surface area (Å²) >= 11 is 0. The average Bonchev–Trinajstić information content (AvgIpc) is 3.38. The molecule has 0 aliphatic heterocycles. The van der Waals surface area contributed by atoms with Crippen molar-refractivity contribution >= 4 is 17.9 Å². The van der Waals surface area contributed by atoms with Crippen LogP contribution in [0, 0.1) is 0 Å². The number of hydrogen-bond acceptors (Lipinski definition) is 6. The van der Waals surface area contributed by atoms with E-state index in [1.165, 1.54) is 231 Å². The van der Waals surface area contributed by atoms with Crippen molar-refractivity contribution in [2.75, 3.05) is 13.2 Å². The monoisotopic (exact) mass is 1010 g/mol. The molecule has 0 aromatic carbocycles. The third-order valence-corrected chi connectivity index (χ3v) is 14.4. The highest BCUT2D eigenvalue weighted by molar-refractivity contribution is 5.71. The molecule has 0 spiro atoms. The number of carbonyl (C=O) groups is 3. The predicted octanol–water partition coefficient (Wildman–Crippen LogP) is 21.6. The normalized spacial score (nSPS) is 12.2. The summed E-state index contributed by atoms with van der Waals surface area (Å²) in [6, 6.07) is 0. The Bertz CT molecular complexity index is 1210. The van der Waals surface area contributed by atoms with E-state index >= 15 is 0 Å². The van der Waals surface area contributed by atoms with Crippen LogP contribution in [0.5, 0.6) is 0 Å². The number of hydrogen-bond donors (Lipinski definition) is 0. The summed E-state index contributed by atoms with van der Waals surface area (Å²) in [4.78, 5) is 38.0. The molecule has 0 aliphatic carbocycles. The molecule has 6 heteroatoms. The maximum atomic E-state index is 12.8. The Balaban J connectivity index is 4.10. The lowest BCUT2D eigenvalue weighted by atomic mass is 10.0. The van der Waals surface area contributed by atoms with Crippen molar-refractivity contribution < 1.29 is 28.6 Å². The summed E-state index contributed by atoms with van der Waals surface area (Å²) in [6.45, 7) is 6.63. The maximum absolute atomic E-state index is 12.8. The van der Waals surface area contributed by atoms with Gasteiger partial charge in [0.2, 0.25) is 0 Å². The van der Waals surface area contributed by atoms with Crippen LogP contribution in [-0.4, -0.2) is 37.2 Å². The van der Waals surface area contributed by atoms with E-state index in [-0.39, 0.29) is 31.1 Å². The minimum absolute atomic E-state index is 0.0733. The first kappa shape index (κ1) is 69.6. The van der Waals surface area contributed by atoms with Gasteiger partial charge < -0.3 is 14.2 Å². The van der Waals surface area contributed by atoms with E-state index < -0.39 is 6.10 Å². The van der Waals surface area contributed by atoms with Crippen molar-refractivity contribution in [2.24, 2.45) is 0 Å². The zero-order valence-electron chi connectivity index (χ0n) is 48.5. The van der Waals surface area contributed by atoms with Crippen LogP contribution in [-0.2, 0) is 28.6 Å². The van der Waals surface area contributed by atoms with Crippen molar-refractivity contribution in [1.29, 1.82) is 0 Å². The largest absolute Gasteiger partial charge is 0.462 e. The first-order chi connectivity index (χ1) is 35.5. The van der Waals surface area contributed by atoms with Gasteiger partial charge in [0.15, 0.2) is 6.10 Å². The second-order valence-electron chi connectivity index (χ2n) is 21.7. The number of unbranched alkanes of at least 4 members (excludes halogenated alkanes) is 42. The molecule has 0 bridgehead atoms. The topological polar surface area (TPSA) is 78.9 Å². The Kier molecular flexibility index (Phi) is 59.2. The van der Waals surface area contributed by atoms with E-state index in [9.17, 15) is 14.4 Å². The second-order valence-corrected chi connectivity index (χ2v) is 21.7. The van der Waals surface area contributed by atoms with Crippen molar-refractivity contribution in [1.82, 2.24) is 0 Å². The molecular formula is C66H122O6. The molecule has 0 aromatic rings. The Hall–Kier alpha value is -2.37. The maximum Gasteiger partial charge on any atom is 0.306 e. The highest BCUT2D eigenvalue weighted by Crippen LogP contribution is 2.18. The van der Waals surface area contributed by atoms with Crippen LogP contribution < -0.4 is 0 Å². The zero-order chi connectivity index (χ0) is 52.2. The summed E-state index contributed by atoms with van der Waals surface area (Å²) < 4.78 is 16.8. The van der Waals surface area contributed by atoms with E-state index in [1.807, 2.05) is 0 Å². The highest BCUT2D eigenvalue weighted by Gasteiger charge is 2.19. The van der Waals surface area contributed by atoms with E-state index in [4.69, 9.17) is 14.2 Å². The van der Waals surface area contributed by atoms with Gasteiger partial charge in [-0.05, 0) is 57.8 Å². The van der Waals surface area contributed by atoms with Crippen LogP contribution in [0.15, 0.2) is 36.5 Å². The van der Waals surface area contributed by atoms with Gasteiger partial charge in [0.25, 0.3) is 0 Å². The lowest BCUT2D eigenvalue weighted by molar-refractivity contribution is -0.167. The molecule has 0 rings (SSSR count). The lowest BCUT2D eigenvalue weighted by Gasteiger charge is -2.18. The second kappa shape index (κ2) is 61.2. The number of ether oxygens (including phenoxy) is 3. The van der Waals surface area contributed by atoms with Crippen molar-refractivity contribution in [3.63, 3.8) is 0 Å². The zero-order valence-corrected chi connectivity index (χ0v) is 48.5. The smallest absolute Gasteiger partial charge is 0.306 e. The van der Waals surface area contributed by atoms with Gasteiger partial charge in [-0.15, -0.1) is 0 Å². The molecule has 0 radical (unpaired) electrons. The van der Waals surface area contributed by atoms with Crippen molar-refractivity contribution in [3.05, 3.63) is 36.5 Å². The third kappa shape index (κ3) is 58.5. The molecule has 6 nitrogen and oxygen atoms in total. The van der Waals surface area contributed by atoms with Gasteiger partial charge in [0.1, 0.15) is 13.2 Å². The van der Waals surface area contributed by atoms with Crippen molar-refractivity contribution in [2.45, 2.75) is 354 Å². The molecule has 1 unspecified atom stereocenters. The van der Waals surface area contributed by atoms with Gasteiger partial charge in [-0.2, -0.15) is 0 Å². The van der Waals surface area contributed by atoms with E-state index in [0.29, 0.717) is 19.3 Å². The Labute approximate surface area is 448 Å². The van der Waals surface area contributed by atoms with Crippen LogP contribution in [0.1, 0.15) is 348 Å². The summed E-state index contributed by atoms with van der Waals surface area (Å²) in [6.07, 6.45) is 74.7. The fourth-order valence-corrected chi connectivity index (χ4v) is 9.57. The average molecular weight is 1010 g/mol. The van der Waals surface area contributed by atoms with Gasteiger partial charge in [-0.25, -0.2) is 0 Å². The molecule has 0 saturated heterocycles. The molecule has 1 atom stereocenters. The predicted molar refractivity (Wildman–Crippen MR) is 312 cm³/mol. The van der Waals surface area contributed by atoms with Gasteiger partial charge in [0, 0.05) is 19.3 Å². The molecule has 422 valence electrons. The van der Waals surface area contributed by atoms with Gasteiger partial charge in [0.05, 0.1) is 0 Å². The quantitative estimate of drug-likeness (QED) is 0.0261. The number of rotatable bonds is 59. The van der Waals surface area contributed by atoms with Crippen molar-refractivity contribution in [3.8, 4) is 0 Å². The van der Waals surface area contributed by atoms with Gasteiger partial charge in [-0.1, -0.05) is 308 Å². The molecule has 0 aliphatic rings. The molecular weight excluding hydrogens is 889 g/mol. The molecule has 72 heavy (non-hydrogen) atoms. The number of esters is 3. The van der Waals surface area contributed by atoms with Crippen LogP contribution >= 0.6 is 0 Å².